The number of rotatable bonds is 0. The van der Waals surface area contributed by atoms with Crippen molar-refractivity contribution in [1.29, 1.82) is 0 Å². The second kappa shape index (κ2) is 3.43. The van der Waals surface area contributed by atoms with Crippen LogP contribution in [0.15, 0.2) is 42.9 Å². The molecule has 0 atom stereocenters. The van der Waals surface area contributed by atoms with Crippen LogP contribution in [-0.2, 0) is 0 Å². The summed E-state index contributed by atoms with van der Waals surface area (Å²) in [4.78, 5) is 12.0. The van der Waals surface area contributed by atoms with Crippen molar-refractivity contribution in [2.24, 2.45) is 0 Å². The van der Waals surface area contributed by atoms with E-state index in [2.05, 4.69) is 15.0 Å². The van der Waals surface area contributed by atoms with E-state index in [1.165, 1.54) is 0 Å². The molecule has 0 fully saturated rings. The summed E-state index contributed by atoms with van der Waals surface area (Å²) in [7, 11) is 0. The number of hydrogen-bond acceptors (Lipinski definition) is 2. The van der Waals surface area contributed by atoms with Gasteiger partial charge in [-0.05, 0) is 24.3 Å². The summed E-state index contributed by atoms with van der Waals surface area (Å²) in [5.74, 6) is 0. The fraction of sp³-hybridized carbons (Fsp3) is 0. The van der Waals surface area contributed by atoms with Crippen LogP contribution in [0.25, 0.3) is 32.7 Å². The largest absolute Gasteiger partial charge is 0.353 e. The van der Waals surface area contributed by atoms with Crippen LogP contribution in [-0.4, -0.2) is 15.0 Å². The number of pyridine rings is 2. The topological polar surface area (TPSA) is 41.6 Å². The number of aromatic amines is 1. The van der Waals surface area contributed by atoms with Crippen molar-refractivity contribution in [1.82, 2.24) is 15.0 Å². The van der Waals surface area contributed by atoms with Gasteiger partial charge in [-0.3, -0.25) is 9.97 Å². The molecule has 3 aromatic heterocycles. The van der Waals surface area contributed by atoms with Gasteiger partial charge in [0.2, 0.25) is 0 Å². The molecule has 4 aromatic rings. The Balaban J connectivity index is 2.28. The Labute approximate surface area is 107 Å². The molecule has 0 bridgehead atoms. The zero-order valence-electron chi connectivity index (χ0n) is 9.31. The molecule has 4 rings (SSSR count). The van der Waals surface area contributed by atoms with Gasteiger partial charge in [-0.25, -0.2) is 0 Å². The Bertz CT molecular complexity index is 895. The van der Waals surface area contributed by atoms with E-state index in [0.29, 0.717) is 5.02 Å². The average molecular weight is 254 g/mol. The molecule has 0 aliphatic rings. The first-order valence-corrected chi connectivity index (χ1v) is 6.00. The number of hydrogen-bond donors (Lipinski definition) is 1. The minimum absolute atomic E-state index is 0.701. The molecule has 0 amide bonds. The van der Waals surface area contributed by atoms with Gasteiger partial charge < -0.3 is 4.98 Å². The van der Waals surface area contributed by atoms with E-state index >= 15 is 0 Å². The van der Waals surface area contributed by atoms with Crippen molar-refractivity contribution in [2.45, 2.75) is 0 Å². The third-order valence-electron chi connectivity index (χ3n) is 3.20. The number of nitrogens with zero attached hydrogens (tertiary/aromatic N) is 2. The summed E-state index contributed by atoms with van der Waals surface area (Å²) in [6.45, 7) is 0. The smallest absolute Gasteiger partial charge is 0.0738 e. The van der Waals surface area contributed by atoms with Crippen molar-refractivity contribution >= 4 is 44.3 Å². The first-order valence-electron chi connectivity index (χ1n) is 5.62. The maximum Gasteiger partial charge on any atom is 0.0738 e. The van der Waals surface area contributed by atoms with Gasteiger partial charge in [0.25, 0.3) is 0 Å². The van der Waals surface area contributed by atoms with Crippen LogP contribution in [0.2, 0.25) is 5.02 Å². The Morgan fingerprint density at radius 3 is 2.89 bits per heavy atom. The van der Waals surface area contributed by atoms with Crippen LogP contribution in [0.3, 0.4) is 0 Å². The minimum Gasteiger partial charge on any atom is -0.353 e. The van der Waals surface area contributed by atoms with Crippen molar-refractivity contribution in [2.75, 3.05) is 0 Å². The van der Waals surface area contributed by atoms with Gasteiger partial charge in [0.15, 0.2) is 0 Å². The van der Waals surface area contributed by atoms with Crippen molar-refractivity contribution < 1.29 is 0 Å². The average Bonchev–Trinajstić information content (AvgIpc) is 2.77. The molecule has 0 saturated carbocycles. The van der Waals surface area contributed by atoms with E-state index in [9.17, 15) is 0 Å². The van der Waals surface area contributed by atoms with Gasteiger partial charge in [0.05, 0.1) is 22.7 Å². The van der Waals surface area contributed by atoms with Gasteiger partial charge in [0.1, 0.15) is 0 Å². The van der Waals surface area contributed by atoms with Crippen LogP contribution < -0.4 is 0 Å². The molecule has 4 heteroatoms. The number of benzene rings is 1. The van der Waals surface area contributed by atoms with Crippen LogP contribution in [0.5, 0.6) is 0 Å². The lowest BCUT2D eigenvalue weighted by molar-refractivity contribution is 1.35. The zero-order valence-corrected chi connectivity index (χ0v) is 10.1. The number of fused-ring (bicyclic) bond motifs is 5. The fourth-order valence-electron chi connectivity index (χ4n) is 2.37. The lowest BCUT2D eigenvalue weighted by Gasteiger charge is -1.99. The highest BCUT2D eigenvalue weighted by Crippen LogP contribution is 2.30. The van der Waals surface area contributed by atoms with Crippen molar-refractivity contribution in [3.8, 4) is 0 Å². The molecule has 1 N–H and O–H groups in total. The van der Waals surface area contributed by atoms with Crippen LogP contribution in [0, 0.1) is 0 Å². The van der Waals surface area contributed by atoms with Gasteiger partial charge in [-0.1, -0.05) is 11.6 Å². The van der Waals surface area contributed by atoms with E-state index < -0.39 is 0 Å². The molecule has 0 aliphatic heterocycles. The number of aromatic nitrogens is 3. The summed E-state index contributed by atoms with van der Waals surface area (Å²) in [5, 5.41) is 4.03. The standard InChI is InChI=1S/C14H8ClN3/c15-8-1-2-10-12(5-8)17-6-11-9-3-4-16-7-13(9)18-14(10)11/h1-7,18H. The summed E-state index contributed by atoms with van der Waals surface area (Å²) < 4.78 is 0. The van der Waals surface area contributed by atoms with Crippen molar-refractivity contribution in [3.63, 3.8) is 0 Å². The number of halogens is 1. The van der Waals surface area contributed by atoms with E-state index in [4.69, 9.17) is 11.6 Å². The predicted molar refractivity (Wildman–Crippen MR) is 73.9 cm³/mol. The molecule has 3 heterocycles. The summed E-state index contributed by atoms with van der Waals surface area (Å²) >= 11 is 5.99. The van der Waals surface area contributed by atoms with Gasteiger partial charge in [0, 0.05) is 33.6 Å². The second-order valence-electron chi connectivity index (χ2n) is 4.25. The molecular weight excluding hydrogens is 246 g/mol. The van der Waals surface area contributed by atoms with Crippen LogP contribution >= 0.6 is 11.6 Å². The summed E-state index contributed by atoms with van der Waals surface area (Å²) in [6.07, 6.45) is 5.51. The van der Waals surface area contributed by atoms with Crippen molar-refractivity contribution in [3.05, 3.63) is 47.9 Å². The maximum absolute atomic E-state index is 5.99. The molecule has 1 aromatic carbocycles. The fourth-order valence-corrected chi connectivity index (χ4v) is 2.54. The normalized spacial score (nSPS) is 11.6. The quantitative estimate of drug-likeness (QED) is 0.516. The van der Waals surface area contributed by atoms with E-state index in [1.54, 1.807) is 6.20 Å². The Kier molecular flexibility index (Phi) is 1.88. The molecule has 18 heavy (non-hydrogen) atoms. The Morgan fingerprint density at radius 2 is 1.94 bits per heavy atom. The Morgan fingerprint density at radius 1 is 1.00 bits per heavy atom. The van der Waals surface area contributed by atoms with Gasteiger partial charge in [-0.2, -0.15) is 0 Å². The summed E-state index contributed by atoms with van der Waals surface area (Å²) in [6, 6.07) is 7.75. The van der Waals surface area contributed by atoms with Gasteiger partial charge in [-0.15, -0.1) is 0 Å². The molecule has 0 unspecified atom stereocenters. The predicted octanol–water partition coefficient (Wildman–Crippen LogP) is 3.92. The lowest BCUT2D eigenvalue weighted by Crippen LogP contribution is -1.80. The molecule has 0 spiro atoms. The Hall–Kier alpha value is -2.13. The van der Waals surface area contributed by atoms with Gasteiger partial charge >= 0.3 is 0 Å². The van der Waals surface area contributed by atoms with E-state index in [1.807, 2.05) is 36.7 Å². The second-order valence-corrected chi connectivity index (χ2v) is 4.69. The molecule has 3 nitrogen and oxygen atoms in total. The summed E-state index contributed by atoms with van der Waals surface area (Å²) in [5.41, 5.74) is 3.01. The molecular formula is C14H8ClN3. The third kappa shape index (κ3) is 1.25. The molecule has 0 saturated heterocycles. The maximum atomic E-state index is 5.99. The lowest BCUT2D eigenvalue weighted by atomic mass is 10.1. The SMILES string of the molecule is Clc1ccc2c(c1)ncc1c3ccncc3[nH]c21. The first-order chi connectivity index (χ1) is 8.83. The minimum atomic E-state index is 0.701. The van der Waals surface area contributed by atoms with E-state index in [0.717, 1.165) is 32.7 Å². The third-order valence-corrected chi connectivity index (χ3v) is 3.44. The highest BCUT2D eigenvalue weighted by atomic mass is 35.5. The number of nitrogens with one attached hydrogen (secondary N) is 1. The van der Waals surface area contributed by atoms with Crippen LogP contribution in [0.1, 0.15) is 0 Å². The molecule has 86 valence electrons. The monoisotopic (exact) mass is 253 g/mol. The molecule has 0 radical (unpaired) electrons. The number of H-pyrrole nitrogens is 1. The first kappa shape index (κ1) is 9.85. The highest BCUT2D eigenvalue weighted by molar-refractivity contribution is 6.31. The van der Waals surface area contributed by atoms with Crippen LogP contribution in [0.4, 0.5) is 0 Å². The molecule has 0 aliphatic carbocycles. The zero-order chi connectivity index (χ0) is 12.1. The highest BCUT2D eigenvalue weighted by Gasteiger charge is 2.08. The van der Waals surface area contributed by atoms with E-state index in [-0.39, 0.29) is 0 Å².